The second-order valence-corrected chi connectivity index (χ2v) is 10.3. The first-order valence-corrected chi connectivity index (χ1v) is 12.5. The van der Waals surface area contributed by atoms with Gasteiger partial charge in [-0.05, 0) is 49.4 Å². The summed E-state index contributed by atoms with van der Waals surface area (Å²) in [4.78, 5) is 14.9. The number of hydrogen-bond acceptors (Lipinski definition) is 5. The van der Waals surface area contributed by atoms with Crippen LogP contribution in [0.3, 0.4) is 0 Å². The fourth-order valence-electron chi connectivity index (χ4n) is 4.43. The molecule has 0 aliphatic carbocycles. The number of carbonyl (C=O) groups excluding carboxylic acids is 1. The molecule has 7 nitrogen and oxygen atoms in total. The minimum Gasteiger partial charge on any atom is -0.394 e. The molecule has 0 spiro atoms. The normalized spacial score (nSPS) is 23.6. The third kappa shape index (κ3) is 5.20. The second kappa shape index (κ2) is 9.70. The van der Waals surface area contributed by atoms with Crippen molar-refractivity contribution in [3.63, 3.8) is 0 Å². The monoisotopic (exact) mass is 458 g/mol. The van der Waals surface area contributed by atoms with Crippen LogP contribution < -0.4 is 4.72 Å². The zero-order valence-corrected chi connectivity index (χ0v) is 19.1. The van der Waals surface area contributed by atoms with Crippen LogP contribution in [0.25, 0.3) is 0 Å². The molecule has 172 valence electrons. The number of nitrogens with zero attached hydrogens (tertiary/aromatic N) is 1. The molecule has 0 saturated carbocycles. The Morgan fingerprint density at radius 3 is 2.56 bits per heavy atom. The summed E-state index contributed by atoms with van der Waals surface area (Å²) < 4.78 is 34.1. The van der Waals surface area contributed by atoms with E-state index in [1.165, 1.54) is 11.1 Å². The van der Waals surface area contributed by atoms with E-state index in [1.54, 1.807) is 24.3 Å². The first-order chi connectivity index (χ1) is 15.4. The van der Waals surface area contributed by atoms with Gasteiger partial charge in [-0.2, -0.15) is 0 Å². The SMILES string of the molecule is Cc1ccc(S(=O)(=O)N[C@@H]2CC[C@H](CC(=O)N3CCc4ccccc4C3)O[C@@H]2CO)cc1. The largest absolute Gasteiger partial charge is 0.394 e. The summed E-state index contributed by atoms with van der Waals surface area (Å²) in [5.41, 5.74) is 3.44. The van der Waals surface area contributed by atoms with Crippen molar-refractivity contribution < 1.29 is 23.1 Å². The van der Waals surface area contributed by atoms with Gasteiger partial charge >= 0.3 is 0 Å². The van der Waals surface area contributed by atoms with Gasteiger partial charge in [-0.25, -0.2) is 13.1 Å². The van der Waals surface area contributed by atoms with Crippen LogP contribution in [0.2, 0.25) is 0 Å². The van der Waals surface area contributed by atoms with E-state index in [1.807, 2.05) is 24.0 Å². The minimum atomic E-state index is -3.72. The van der Waals surface area contributed by atoms with Gasteiger partial charge in [0.1, 0.15) is 0 Å². The molecular weight excluding hydrogens is 428 g/mol. The van der Waals surface area contributed by atoms with Crippen molar-refractivity contribution in [2.24, 2.45) is 0 Å². The molecule has 0 unspecified atom stereocenters. The van der Waals surface area contributed by atoms with E-state index in [9.17, 15) is 18.3 Å². The summed E-state index contributed by atoms with van der Waals surface area (Å²) in [5.74, 6) is 0.0277. The molecule has 2 aliphatic heterocycles. The number of carbonyl (C=O) groups is 1. The molecule has 0 aromatic heterocycles. The van der Waals surface area contributed by atoms with Crippen LogP contribution in [-0.2, 0) is 32.5 Å². The molecule has 2 N–H and O–H groups in total. The molecule has 4 rings (SSSR count). The van der Waals surface area contributed by atoms with E-state index in [-0.39, 0.29) is 29.9 Å². The van der Waals surface area contributed by atoms with Crippen molar-refractivity contribution in [3.8, 4) is 0 Å². The minimum absolute atomic E-state index is 0.0277. The average Bonchev–Trinajstić information content (AvgIpc) is 2.79. The van der Waals surface area contributed by atoms with E-state index in [0.29, 0.717) is 25.9 Å². The lowest BCUT2D eigenvalue weighted by molar-refractivity contribution is -0.140. The number of aliphatic hydroxyl groups is 1. The molecule has 3 atom stereocenters. The number of ether oxygens (including phenoxy) is 1. The van der Waals surface area contributed by atoms with Gasteiger partial charge in [-0.1, -0.05) is 42.0 Å². The topological polar surface area (TPSA) is 95.9 Å². The fraction of sp³-hybridized carbons (Fsp3) is 0.458. The van der Waals surface area contributed by atoms with Crippen LogP contribution in [-0.4, -0.2) is 55.7 Å². The van der Waals surface area contributed by atoms with E-state index in [4.69, 9.17) is 4.74 Å². The van der Waals surface area contributed by atoms with Crippen molar-refractivity contribution >= 4 is 15.9 Å². The molecule has 2 heterocycles. The van der Waals surface area contributed by atoms with E-state index in [0.717, 1.165) is 12.0 Å². The number of sulfonamides is 1. The van der Waals surface area contributed by atoms with Crippen molar-refractivity contribution in [3.05, 3.63) is 65.2 Å². The average molecular weight is 459 g/mol. The molecule has 1 saturated heterocycles. The lowest BCUT2D eigenvalue weighted by Gasteiger charge is -2.37. The van der Waals surface area contributed by atoms with Gasteiger partial charge in [0.25, 0.3) is 0 Å². The number of aliphatic hydroxyl groups excluding tert-OH is 1. The molecule has 1 amide bonds. The van der Waals surface area contributed by atoms with Crippen molar-refractivity contribution in [2.75, 3.05) is 13.2 Å². The molecule has 0 bridgehead atoms. The standard InChI is InChI=1S/C24H30N2O5S/c1-17-6-9-21(10-7-17)32(29,30)25-22-11-8-20(31-23(22)16-27)14-24(28)26-13-12-18-4-2-3-5-19(18)15-26/h2-7,9-10,20,22-23,25,27H,8,11-16H2,1H3/t20-,22-,23-/m1/s1. The molecule has 8 heteroatoms. The maximum absolute atomic E-state index is 12.9. The van der Waals surface area contributed by atoms with E-state index >= 15 is 0 Å². The van der Waals surface area contributed by atoms with Crippen LogP contribution >= 0.6 is 0 Å². The van der Waals surface area contributed by atoms with E-state index < -0.39 is 22.2 Å². The Morgan fingerprint density at radius 1 is 1.12 bits per heavy atom. The Balaban J connectivity index is 1.34. The number of rotatable bonds is 6. The van der Waals surface area contributed by atoms with Crippen LogP contribution in [0.5, 0.6) is 0 Å². The van der Waals surface area contributed by atoms with Gasteiger partial charge in [-0.3, -0.25) is 4.79 Å². The molecule has 1 fully saturated rings. The summed E-state index contributed by atoms with van der Waals surface area (Å²) in [6, 6.07) is 14.2. The van der Waals surface area contributed by atoms with Crippen LogP contribution in [0.15, 0.2) is 53.4 Å². The van der Waals surface area contributed by atoms with Gasteiger partial charge in [0, 0.05) is 13.1 Å². The quantitative estimate of drug-likeness (QED) is 0.692. The lowest BCUT2D eigenvalue weighted by Crippen LogP contribution is -2.51. The van der Waals surface area contributed by atoms with Crippen LogP contribution in [0.1, 0.15) is 36.0 Å². The molecule has 2 aliphatic rings. The highest BCUT2D eigenvalue weighted by Gasteiger charge is 2.35. The third-order valence-corrected chi connectivity index (χ3v) is 7.82. The molecule has 0 radical (unpaired) electrons. The van der Waals surface area contributed by atoms with Gasteiger partial charge in [0.15, 0.2) is 0 Å². The maximum atomic E-state index is 12.9. The van der Waals surface area contributed by atoms with Gasteiger partial charge in [0.05, 0.1) is 36.2 Å². The zero-order valence-electron chi connectivity index (χ0n) is 18.2. The summed E-state index contributed by atoms with van der Waals surface area (Å²) in [5, 5.41) is 9.82. The summed E-state index contributed by atoms with van der Waals surface area (Å²) >= 11 is 0. The second-order valence-electron chi connectivity index (χ2n) is 8.64. The molecule has 2 aromatic carbocycles. The maximum Gasteiger partial charge on any atom is 0.240 e. The number of nitrogens with one attached hydrogen (secondary N) is 1. The highest BCUT2D eigenvalue weighted by atomic mass is 32.2. The summed E-state index contributed by atoms with van der Waals surface area (Å²) in [6.07, 6.45) is 1.09. The fourth-order valence-corrected chi connectivity index (χ4v) is 5.73. The lowest BCUT2D eigenvalue weighted by atomic mass is 9.96. The number of aryl methyl sites for hydroxylation is 1. The van der Waals surface area contributed by atoms with Crippen molar-refractivity contribution in [1.29, 1.82) is 0 Å². The third-order valence-electron chi connectivity index (χ3n) is 6.32. The number of benzene rings is 2. The van der Waals surface area contributed by atoms with Gasteiger partial charge < -0.3 is 14.7 Å². The molecule has 32 heavy (non-hydrogen) atoms. The Hall–Kier alpha value is -2.26. The molecule has 2 aromatic rings. The predicted molar refractivity (Wildman–Crippen MR) is 120 cm³/mol. The molecular formula is C24H30N2O5S. The zero-order chi connectivity index (χ0) is 22.7. The van der Waals surface area contributed by atoms with E-state index in [2.05, 4.69) is 16.9 Å². The number of hydrogen-bond donors (Lipinski definition) is 2. The Morgan fingerprint density at radius 2 is 1.84 bits per heavy atom. The highest BCUT2D eigenvalue weighted by Crippen LogP contribution is 2.26. The Kier molecular flexibility index (Phi) is 6.95. The Labute approximate surface area is 189 Å². The van der Waals surface area contributed by atoms with Crippen LogP contribution in [0.4, 0.5) is 0 Å². The first-order valence-electron chi connectivity index (χ1n) is 11.1. The van der Waals surface area contributed by atoms with Crippen LogP contribution in [0, 0.1) is 6.92 Å². The van der Waals surface area contributed by atoms with Crippen molar-refractivity contribution in [1.82, 2.24) is 9.62 Å². The first kappa shape index (κ1) is 22.9. The predicted octanol–water partition coefficient (Wildman–Crippen LogP) is 2.16. The smallest absolute Gasteiger partial charge is 0.240 e. The summed E-state index contributed by atoms with van der Waals surface area (Å²) in [6.45, 7) is 2.86. The van der Waals surface area contributed by atoms with Gasteiger partial charge in [-0.15, -0.1) is 0 Å². The highest BCUT2D eigenvalue weighted by molar-refractivity contribution is 7.89. The summed E-state index contributed by atoms with van der Waals surface area (Å²) in [7, 11) is -3.72. The number of amides is 1. The number of fused-ring (bicyclic) bond motifs is 1. The van der Waals surface area contributed by atoms with Gasteiger partial charge in [0.2, 0.25) is 15.9 Å². The Bertz CT molecular complexity index is 1050. The van der Waals surface area contributed by atoms with Crippen molar-refractivity contribution in [2.45, 2.75) is 62.3 Å².